The quantitative estimate of drug-likeness (QED) is 0.537. The largest absolute Gasteiger partial charge is 0.694 e. The van der Waals surface area contributed by atoms with Gasteiger partial charge in [0, 0.05) is 17.2 Å². The molecule has 1 aliphatic heterocycles. The Bertz CT molecular complexity index is 803. The van der Waals surface area contributed by atoms with Crippen LogP contribution in [0.25, 0.3) is 11.0 Å². The van der Waals surface area contributed by atoms with E-state index in [1.54, 1.807) is 16.8 Å². The topological polar surface area (TPSA) is 133 Å². The van der Waals surface area contributed by atoms with Crippen LogP contribution in [-0.2, 0) is 13.8 Å². The molecular formula is C13H14N4O5P+. The summed E-state index contributed by atoms with van der Waals surface area (Å²) in [6.45, 7) is -0.400. The molecule has 0 aromatic carbocycles. The molecule has 2 aromatic rings. The average molecular weight is 337 g/mol. The standard InChI is InChI=1S/C13H13N4O5P/c1-2-13(6-21-23(19)20)9(18)5-10(22-13)17-4-3-8-11(14)15-7-16-12(8)17/h1,3-4,7,9-10,18H,5-6H2,(H2-,14,15,16,19,20)/p+1/t9-,10?,13+/m0/s1. The first-order chi connectivity index (χ1) is 11.0. The van der Waals surface area contributed by atoms with Crippen molar-refractivity contribution in [1.29, 1.82) is 0 Å². The van der Waals surface area contributed by atoms with Gasteiger partial charge >= 0.3 is 8.25 Å². The van der Waals surface area contributed by atoms with Crippen molar-refractivity contribution in [3.05, 3.63) is 18.6 Å². The number of nitrogens with two attached hydrogens (primary N) is 1. The van der Waals surface area contributed by atoms with Crippen molar-refractivity contribution in [2.24, 2.45) is 0 Å². The first kappa shape index (κ1) is 15.8. The van der Waals surface area contributed by atoms with E-state index in [-0.39, 0.29) is 6.42 Å². The van der Waals surface area contributed by atoms with Crippen molar-refractivity contribution in [3.63, 3.8) is 0 Å². The predicted octanol–water partition coefficient (Wildman–Crippen LogP) is 0.332. The van der Waals surface area contributed by atoms with Gasteiger partial charge in [-0.1, -0.05) is 5.92 Å². The van der Waals surface area contributed by atoms with Crippen molar-refractivity contribution in [2.45, 2.75) is 24.4 Å². The van der Waals surface area contributed by atoms with Crippen molar-refractivity contribution in [3.8, 4) is 12.3 Å². The van der Waals surface area contributed by atoms with Crippen molar-refractivity contribution in [1.82, 2.24) is 14.5 Å². The van der Waals surface area contributed by atoms with Gasteiger partial charge in [0.2, 0.25) is 0 Å². The molecule has 3 rings (SSSR count). The fourth-order valence-corrected chi connectivity index (χ4v) is 2.90. The Hall–Kier alpha value is -2.08. The van der Waals surface area contributed by atoms with E-state index in [0.717, 1.165) is 0 Å². The molecule has 0 aliphatic carbocycles. The molecule has 0 bridgehead atoms. The third kappa shape index (κ3) is 2.67. The fraction of sp³-hybridized carbons (Fsp3) is 0.385. The van der Waals surface area contributed by atoms with Crippen molar-refractivity contribution >= 4 is 25.1 Å². The van der Waals surface area contributed by atoms with E-state index in [9.17, 15) is 9.67 Å². The summed E-state index contributed by atoms with van der Waals surface area (Å²) in [5.41, 5.74) is 4.82. The van der Waals surface area contributed by atoms with Gasteiger partial charge < -0.3 is 20.1 Å². The highest BCUT2D eigenvalue weighted by Crippen LogP contribution is 2.39. The zero-order valence-corrected chi connectivity index (χ0v) is 12.8. The second-order valence-electron chi connectivity index (χ2n) is 5.09. The predicted molar refractivity (Wildman–Crippen MR) is 80.0 cm³/mol. The molecule has 1 aliphatic rings. The van der Waals surface area contributed by atoms with Gasteiger partial charge in [-0.3, -0.25) is 0 Å². The third-order valence-corrected chi connectivity index (χ3v) is 4.14. The lowest BCUT2D eigenvalue weighted by molar-refractivity contribution is -0.0841. The lowest BCUT2D eigenvalue weighted by Crippen LogP contribution is -2.42. The fourth-order valence-electron chi connectivity index (χ4n) is 2.60. The number of aromatic nitrogens is 3. The highest BCUT2D eigenvalue weighted by atomic mass is 31.1. The van der Waals surface area contributed by atoms with Crippen LogP contribution in [0.15, 0.2) is 18.6 Å². The van der Waals surface area contributed by atoms with Crippen LogP contribution >= 0.6 is 8.25 Å². The Morgan fingerprint density at radius 2 is 2.43 bits per heavy atom. The van der Waals surface area contributed by atoms with E-state index >= 15 is 0 Å². The minimum atomic E-state index is -2.85. The van der Waals surface area contributed by atoms with E-state index in [2.05, 4.69) is 20.4 Å². The minimum Gasteiger partial charge on any atom is -0.389 e. The maximum Gasteiger partial charge on any atom is 0.694 e. The molecule has 120 valence electrons. The molecule has 4 atom stereocenters. The monoisotopic (exact) mass is 337 g/mol. The summed E-state index contributed by atoms with van der Waals surface area (Å²) < 4.78 is 22.8. The summed E-state index contributed by atoms with van der Waals surface area (Å²) in [6.07, 6.45) is 6.97. The molecular weight excluding hydrogens is 323 g/mol. The van der Waals surface area contributed by atoms with Crippen LogP contribution in [0.4, 0.5) is 5.82 Å². The van der Waals surface area contributed by atoms with Crippen LogP contribution in [0.2, 0.25) is 0 Å². The van der Waals surface area contributed by atoms with E-state index in [0.29, 0.717) is 16.9 Å². The van der Waals surface area contributed by atoms with Gasteiger partial charge in [-0.05, 0) is 6.07 Å². The number of aliphatic hydroxyl groups is 1. The Morgan fingerprint density at radius 3 is 3.13 bits per heavy atom. The number of hydrogen-bond donors (Lipinski definition) is 3. The second-order valence-corrected chi connectivity index (χ2v) is 5.82. The van der Waals surface area contributed by atoms with Crippen LogP contribution in [-0.4, -0.2) is 42.8 Å². The third-order valence-electron chi connectivity index (χ3n) is 3.79. The smallest absolute Gasteiger partial charge is 0.389 e. The first-order valence-corrected chi connectivity index (χ1v) is 7.79. The molecule has 2 unspecified atom stereocenters. The number of ether oxygens (including phenoxy) is 1. The highest BCUT2D eigenvalue weighted by molar-refractivity contribution is 7.32. The summed E-state index contributed by atoms with van der Waals surface area (Å²) in [5.74, 6) is 2.66. The first-order valence-electron chi connectivity index (χ1n) is 6.66. The SMILES string of the molecule is C#C[C@]1(CO[P+](=O)O)OC(n2ccc3c(N)ncnc32)C[C@@H]1O. The maximum absolute atomic E-state index is 10.7. The number of terminal acetylenes is 1. The van der Waals surface area contributed by atoms with Gasteiger partial charge in [0.15, 0.2) is 5.60 Å². The summed E-state index contributed by atoms with van der Waals surface area (Å²) in [5, 5.41) is 10.9. The number of nitrogen functional groups attached to an aromatic ring is 1. The number of rotatable bonds is 4. The van der Waals surface area contributed by atoms with Gasteiger partial charge in [0.05, 0.1) is 5.39 Å². The van der Waals surface area contributed by atoms with E-state index in [4.69, 9.17) is 21.8 Å². The summed E-state index contributed by atoms with van der Waals surface area (Å²) in [6, 6.07) is 1.73. The molecule has 0 spiro atoms. The van der Waals surface area contributed by atoms with E-state index in [1.807, 2.05) is 0 Å². The van der Waals surface area contributed by atoms with Crippen LogP contribution in [0.3, 0.4) is 0 Å². The molecule has 1 saturated heterocycles. The van der Waals surface area contributed by atoms with Crippen LogP contribution < -0.4 is 5.73 Å². The minimum absolute atomic E-state index is 0.170. The lowest BCUT2D eigenvalue weighted by Gasteiger charge is -2.23. The van der Waals surface area contributed by atoms with Crippen molar-refractivity contribution in [2.75, 3.05) is 12.3 Å². The second kappa shape index (κ2) is 5.85. The summed E-state index contributed by atoms with van der Waals surface area (Å²) in [7, 11) is -2.85. The Kier molecular flexibility index (Phi) is 4.02. The summed E-state index contributed by atoms with van der Waals surface area (Å²) >= 11 is 0. The van der Waals surface area contributed by atoms with Gasteiger partial charge in [-0.25, -0.2) is 9.97 Å². The molecule has 3 heterocycles. The zero-order chi connectivity index (χ0) is 16.6. The lowest BCUT2D eigenvalue weighted by atomic mass is 9.99. The number of nitrogens with zero attached hydrogens (tertiary/aromatic N) is 3. The average Bonchev–Trinajstić information content (AvgIpc) is 3.08. The van der Waals surface area contributed by atoms with Crippen molar-refractivity contribution < 1.29 is 23.8 Å². The highest BCUT2D eigenvalue weighted by Gasteiger charge is 2.50. The molecule has 1 fully saturated rings. The maximum atomic E-state index is 10.7. The molecule has 0 saturated carbocycles. The number of aliphatic hydroxyl groups excluding tert-OH is 1. The van der Waals surface area contributed by atoms with Gasteiger partial charge in [-0.15, -0.1) is 15.8 Å². The molecule has 23 heavy (non-hydrogen) atoms. The van der Waals surface area contributed by atoms with E-state index < -0.39 is 32.8 Å². The van der Waals surface area contributed by atoms with Crippen LogP contribution in [0.5, 0.6) is 0 Å². The Morgan fingerprint density at radius 1 is 1.65 bits per heavy atom. The molecule has 0 radical (unpaired) electrons. The van der Waals surface area contributed by atoms with Gasteiger partial charge in [0.1, 0.15) is 36.7 Å². The molecule has 4 N–H and O–H groups in total. The van der Waals surface area contributed by atoms with Gasteiger partial charge in [-0.2, -0.15) is 0 Å². The zero-order valence-electron chi connectivity index (χ0n) is 11.9. The molecule has 10 heteroatoms. The molecule has 9 nitrogen and oxygen atoms in total. The summed E-state index contributed by atoms with van der Waals surface area (Å²) in [4.78, 5) is 16.8. The number of hydrogen-bond acceptors (Lipinski definition) is 7. The molecule has 0 amide bonds. The number of anilines is 1. The van der Waals surface area contributed by atoms with Crippen LogP contribution in [0.1, 0.15) is 12.6 Å². The van der Waals surface area contributed by atoms with Gasteiger partial charge in [0.25, 0.3) is 0 Å². The Balaban J connectivity index is 1.92. The normalized spacial score (nSPS) is 28.0. The number of fused-ring (bicyclic) bond motifs is 1. The van der Waals surface area contributed by atoms with E-state index in [1.165, 1.54) is 6.33 Å². The molecule has 2 aromatic heterocycles. The Labute approximate surface area is 132 Å². The van der Waals surface area contributed by atoms with Crippen LogP contribution in [0, 0.1) is 12.3 Å².